The van der Waals surface area contributed by atoms with E-state index in [-0.39, 0.29) is 48.9 Å². The molecule has 38 heavy (non-hydrogen) atoms. The number of hydrogen-bond acceptors (Lipinski definition) is 5. The highest BCUT2D eigenvalue weighted by molar-refractivity contribution is 5.84. The number of likely N-dealkylation sites (tertiary alicyclic amines) is 1. The second-order valence-electron chi connectivity index (χ2n) is 9.51. The predicted octanol–water partition coefficient (Wildman–Crippen LogP) is 5.87. The number of piperidine rings is 1. The SMILES string of the molecule is COc1ccc2ncc(F)c([C@@H](F)CCC3(C(=O)O)CCN(CCNc4cc(F)cc(F)c4F)CC3)c2c1. The van der Waals surface area contributed by atoms with E-state index >= 15 is 4.39 Å². The molecule has 1 aliphatic heterocycles. The molecule has 0 amide bonds. The first-order valence-corrected chi connectivity index (χ1v) is 12.2. The Morgan fingerprint density at radius 2 is 1.89 bits per heavy atom. The Bertz CT molecular complexity index is 1310. The molecule has 1 fully saturated rings. The van der Waals surface area contributed by atoms with E-state index in [1.807, 2.05) is 4.90 Å². The number of hydrogen-bond donors (Lipinski definition) is 2. The molecule has 0 unspecified atom stereocenters. The summed E-state index contributed by atoms with van der Waals surface area (Å²) in [5.41, 5.74) is -1.23. The number of methoxy groups -OCH3 is 1. The first kappa shape index (κ1) is 27.6. The van der Waals surface area contributed by atoms with Gasteiger partial charge in [0.05, 0.1) is 29.9 Å². The van der Waals surface area contributed by atoms with Gasteiger partial charge in [0.15, 0.2) is 11.6 Å². The Kier molecular flexibility index (Phi) is 8.35. The number of alkyl halides is 1. The van der Waals surface area contributed by atoms with Gasteiger partial charge in [-0.2, -0.15) is 0 Å². The van der Waals surface area contributed by atoms with Crippen molar-refractivity contribution in [1.82, 2.24) is 9.88 Å². The number of nitrogens with zero attached hydrogens (tertiary/aromatic N) is 2. The number of rotatable bonds is 10. The smallest absolute Gasteiger partial charge is 0.309 e. The molecule has 11 heteroatoms. The lowest BCUT2D eigenvalue weighted by Gasteiger charge is -2.39. The number of aliphatic carboxylic acids is 1. The zero-order valence-electron chi connectivity index (χ0n) is 20.7. The molecule has 1 saturated heterocycles. The van der Waals surface area contributed by atoms with Gasteiger partial charge < -0.3 is 20.1 Å². The molecule has 2 N–H and O–H groups in total. The van der Waals surface area contributed by atoms with Crippen molar-refractivity contribution < 1.29 is 36.6 Å². The summed E-state index contributed by atoms with van der Waals surface area (Å²) in [6, 6.07) is 6.08. The van der Waals surface area contributed by atoms with Crippen LogP contribution in [-0.4, -0.2) is 54.2 Å². The highest BCUT2D eigenvalue weighted by Gasteiger charge is 2.41. The maximum Gasteiger partial charge on any atom is 0.309 e. The summed E-state index contributed by atoms with van der Waals surface area (Å²) in [6.07, 6.45) is -0.480. The van der Waals surface area contributed by atoms with Gasteiger partial charge in [0.25, 0.3) is 0 Å². The number of halogens is 5. The molecule has 2 aromatic carbocycles. The van der Waals surface area contributed by atoms with Gasteiger partial charge in [0.2, 0.25) is 0 Å². The Morgan fingerprint density at radius 1 is 1.16 bits per heavy atom. The molecule has 6 nitrogen and oxygen atoms in total. The van der Waals surface area contributed by atoms with Crippen LogP contribution < -0.4 is 10.1 Å². The molecule has 0 spiro atoms. The van der Waals surface area contributed by atoms with Crippen molar-refractivity contribution in [3.05, 3.63) is 65.4 Å². The van der Waals surface area contributed by atoms with Gasteiger partial charge >= 0.3 is 5.97 Å². The van der Waals surface area contributed by atoms with Gasteiger partial charge in [-0.05, 0) is 57.0 Å². The third kappa shape index (κ3) is 5.82. The number of carbonyl (C=O) groups is 1. The normalized spacial score (nSPS) is 16.4. The second-order valence-corrected chi connectivity index (χ2v) is 9.51. The van der Waals surface area contributed by atoms with Crippen LogP contribution in [0.2, 0.25) is 0 Å². The fourth-order valence-electron chi connectivity index (χ4n) is 4.97. The van der Waals surface area contributed by atoms with E-state index in [2.05, 4.69) is 10.3 Å². The summed E-state index contributed by atoms with van der Waals surface area (Å²) in [6.45, 7) is 1.34. The minimum Gasteiger partial charge on any atom is -0.497 e. The zero-order chi connectivity index (χ0) is 27.4. The minimum absolute atomic E-state index is 0.0105. The van der Waals surface area contributed by atoms with Crippen LogP contribution in [0.5, 0.6) is 5.75 Å². The van der Waals surface area contributed by atoms with Crippen LogP contribution in [0.4, 0.5) is 27.6 Å². The van der Waals surface area contributed by atoms with Crippen molar-refractivity contribution in [2.75, 3.05) is 38.6 Å². The number of carboxylic acids is 1. The molecular weight excluding hydrogens is 509 g/mol. The highest BCUT2D eigenvalue weighted by Crippen LogP contribution is 2.41. The average Bonchev–Trinajstić information content (AvgIpc) is 2.90. The third-order valence-electron chi connectivity index (χ3n) is 7.26. The average molecular weight is 538 g/mol. The van der Waals surface area contributed by atoms with Crippen molar-refractivity contribution in [2.24, 2.45) is 5.41 Å². The summed E-state index contributed by atoms with van der Waals surface area (Å²) in [5, 5.41) is 12.9. The summed E-state index contributed by atoms with van der Waals surface area (Å²) >= 11 is 0. The largest absolute Gasteiger partial charge is 0.497 e. The molecule has 0 saturated carbocycles. The first-order chi connectivity index (χ1) is 18.1. The van der Waals surface area contributed by atoms with Crippen molar-refractivity contribution in [2.45, 2.75) is 31.9 Å². The summed E-state index contributed by atoms with van der Waals surface area (Å²) in [5.74, 6) is -4.79. The monoisotopic (exact) mass is 537 g/mol. The lowest BCUT2D eigenvalue weighted by Crippen LogP contribution is -2.45. The summed E-state index contributed by atoms with van der Waals surface area (Å²) in [7, 11) is 1.44. The molecule has 204 valence electrons. The molecule has 3 aromatic rings. The third-order valence-corrected chi connectivity index (χ3v) is 7.26. The number of fused-ring (bicyclic) bond motifs is 1. The van der Waals surface area contributed by atoms with E-state index in [1.165, 1.54) is 13.2 Å². The Balaban J connectivity index is 1.37. The van der Waals surface area contributed by atoms with Gasteiger partial charge in [-0.1, -0.05) is 0 Å². The number of anilines is 1. The van der Waals surface area contributed by atoms with E-state index < -0.39 is 40.8 Å². The van der Waals surface area contributed by atoms with Gasteiger partial charge in [0.1, 0.15) is 23.6 Å². The fraction of sp³-hybridized carbons (Fsp3) is 0.407. The Morgan fingerprint density at radius 3 is 2.58 bits per heavy atom. The number of carboxylic acid groups (broad SMARTS) is 1. The van der Waals surface area contributed by atoms with Crippen LogP contribution in [0.1, 0.15) is 37.4 Å². The molecule has 0 aliphatic carbocycles. The van der Waals surface area contributed by atoms with Gasteiger partial charge in [-0.25, -0.2) is 22.0 Å². The van der Waals surface area contributed by atoms with E-state index in [4.69, 9.17) is 4.74 Å². The van der Waals surface area contributed by atoms with Gasteiger partial charge in [-0.3, -0.25) is 9.78 Å². The quantitative estimate of drug-likeness (QED) is 0.249. The van der Waals surface area contributed by atoms with Crippen LogP contribution in [-0.2, 0) is 4.79 Å². The molecule has 1 aromatic heterocycles. The predicted molar refractivity (Wildman–Crippen MR) is 132 cm³/mol. The zero-order valence-corrected chi connectivity index (χ0v) is 20.7. The maximum absolute atomic E-state index is 15.4. The minimum atomic E-state index is -1.74. The van der Waals surface area contributed by atoms with E-state index in [0.29, 0.717) is 37.0 Å². The molecule has 0 bridgehead atoms. The number of benzene rings is 2. The van der Waals surface area contributed by atoms with E-state index in [9.17, 15) is 27.5 Å². The summed E-state index contributed by atoms with van der Waals surface area (Å²) in [4.78, 5) is 18.2. The molecule has 4 rings (SSSR count). The maximum atomic E-state index is 15.4. The molecule has 0 radical (unpaired) electrons. The number of nitrogens with one attached hydrogen (secondary N) is 1. The standard InChI is InChI=1S/C27H28F5N3O3/c1-38-17-2-3-22-18(14-17)24(21(31)15-34-22)19(29)4-5-27(26(36)37)6-9-35(10-7-27)11-8-33-23-13-16(28)12-20(30)25(23)32/h2-3,12-15,19,33H,4-11H2,1H3,(H,36,37)/t19-/m0/s1. The fourth-order valence-corrected chi connectivity index (χ4v) is 4.97. The van der Waals surface area contributed by atoms with Crippen LogP contribution in [0, 0.1) is 28.7 Å². The van der Waals surface area contributed by atoms with Gasteiger partial charge in [-0.15, -0.1) is 0 Å². The molecular formula is C27H28F5N3O3. The van der Waals surface area contributed by atoms with Crippen molar-refractivity contribution in [3.8, 4) is 5.75 Å². The Labute approximate surface area is 216 Å². The van der Waals surface area contributed by atoms with Gasteiger partial charge in [0, 0.05) is 36.2 Å². The van der Waals surface area contributed by atoms with Crippen molar-refractivity contribution in [1.29, 1.82) is 0 Å². The lowest BCUT2D eigenvalue weighted by atomic mass is 9.74. The number of aromatic nitrogens is 1. The second kappa shape index (κ2) is 11.5. The van der Waals surface area contributed by atoms with Crippen molar-refractivity contribution >= 4 is 22.6 Å². The highest BCUT2D eigenvalue weighted by atomic mass is 19.2. The molecule has 1 aliphatic rings. The van der Waals surface area contributed by atoms with Crippen molar-refractivity contribution in [3.63, 3.8) is 0 Å². The number of ether oxygens (including phenoxy) is 1. The van der Waals surface area contributed by atoms with E-state index in [0.717, 1.165) is 12.3 Å². The topological polar surface area (TPSA) is 74.7 Å². The number of pyridine rings is 1. The van der Waals surface area contributed by atoms with Crippen LogP contribution in [0.3, 0.4) is 0 Å². The molecule has 2 heterocycles. The van der Waals surface area contributed by atoms with E-state index in [1.54, 1.807) is 12.1 Å². The van der Waals surface area contributed by atoms with Crippen LogP contribution in [0.25, 0.3) is 10.9 Å². The Hall–Kier alpha value is -3.47. The molecule has 1 atom stereocenters. The van der Waals surface area contributed by atoms with Crippen LogP contribution in [0.15, 0.2) is 36.5 Å². The summed E-state index contributed by atoms with van der Waals surface area (Å²) < 4.78 is 75.8. The first-order valence-electron chi connectivity index (χ1n) is 12.2. The lowest BCUT2D eigenvalue weighted by molar-refractivity contribution is -0.153. The van der Waals surface area contributed by atoms with Crippen LogP contribution >= 0.6 is 0 Å².